The Labute approximate surface area is 85.0 Å². The standard InChI is InChI=1S/C12H16O2/c1-2-3-4-5-6-7-8-9-10-11-12(13)14/h2-7,10-11H,8-9H2,1H3,(H,13,14)/b3-2+,5-4+,7-6-,11-10+. The van der Waals surface area contributed by atoms with Gasteiger partial charge in [0.05, 0.1) is 0 Å². The minimum atomic E-state index is -0.887. The lowest BCUT2D eigenvalue weighted by Crippen LogP contribution is -1.84. The number of carboxylic acids is 1. The second-order valence-corrected chi connectivity index (χ2v) is 2.66. The van der Waals surface area contributed by atoms with E-state index >= 15 is 0 Å². The lowest BCUT2D eigenvalue weighted by Gasteiger charge is -1.84. The topological polar surface area (TPSA) is 37.3 Å². The van der Waals surface area contributed by atoms with Gasteiger partial charge in [-0.1, -0.05) is 42.5 Å². The van der Waals surface area contributed by atoms with Crippen LogP contribution >= 0.6 is 0 Å². The average molecular weight is 192 g/mol. The van der Waals surface area contributed by atoms with Crippen molar-refractivity contribution in [3.05, 3.63) is 48.6 Å². The Hall–Kier alpha value is -1.57. The summed E-state index contributed by atoms with van der Waals surface area (Å²) in [6.07, 6.45) is 16.2. The van der Waals surface area contributed by atoms with Crippen LogP contribution in [0.25, 0.3) is 0 Å². The van der Waals surface area contributed by atoms with E-state index in [1.807, 2.05) is 43.4 Å². The number of aliphatic carboxylic acids is 1. The predicted octanol–water partition coefficient (Wildman–Crippen LogP) is 3.10. The number of carbonyl (C=O) groups is 1. The molecule has 0 atom stereocenters. The maximum atomic E-state index is 10.1. The minimum Gasteiger partial charge on any atom is -0.478 e. The molecule has 0 aromatic carbocycles. The minimum absolute atomic E-state index is 0.764. The normalized spacial score (nSPS) is 12.6. The highest BCUT2D eigenvalue weighted by Gasteiger charge is 1.82. The van der Waals surface area contributed by atoms with Crippen LogP contribution in [0.5, 0.6) is 0 Å². The van der Waals surface area contributed by atoms with Crippen LogP contribution in [-0.4, -0.2) is 11.1 Å². The molecular formula is C12H16O2. The van der Waals surface area contributed by atoms with E-state index < -0.39 is 5.97 Å². The maximum absolute atomic E-state index is 10.1. The fraction of sp³-hybridized carbons (Fsp3) is 0.250. The van der Waals surface area contributed by atoms with Gasteiger partial charge in [-0.3, -0.25) is 0 Å². The number of hydrogen-bond donors (Lipinski definition) is 1. The van der Waals surface area contributed by atoms with Crippen LogP contribution in [-0.2, 0) is 4.79 Å². The zero-order valence-electron chi connectivity index (χ0n) is 8.39. The fourth-order valence-corrected chi connectivity index (χ4v) is 0.791. The summed E-state index contributed by atoms with van der Waals surface area (Å²) in [4.78, 5) is 10.1. The van der Waals surface area contributed by atoms with Crippen molar-refractivity contribution in [2.75, 3.05) is 0 Å². The molecule has 0 spiro atoms. The summed E-state index contributed by atoms with van der Waals surface area (Å²) in [7, 11) is 0. The largest absolute Gasteiger partial charge is 0.478 e. The van der Waals surface area contributed by atoms with Gasteiger partial charge in [0.2, 0.25) is 0 Å². The molecular weight excluding hydrogens is 176 g/mol. The van der Waals surface area contributed by atoms with Crippen LogP contribution in [0, 0.1) is 0 Å². The lowest BCUT2D eigenvalue weighted by atomic mass is 10.2. The first-order valence-corrected chi connectivity index (χ1v) is 4.61. The van der Waals surface area contributed by atoms with E-state index in [0.29, 0.717) is 0 Å². The van der Waals surface area contributed by atoms with Crippen molar-refractivity contribution in [1.82, 2.24) is 0 Å². The highest BCUT2D eigenvalue weighted by molar-refractivity contribution is 5.79. The Morgan fingerprint density at radius 1 is 1.07 bits per heavy atom. The first-order chi connectivity index (χ1) is 6.77. The zero-order valence-corrected chi connectivity index (χ0v) is 8.39. The van der Waals surface area contributed by atoms with E-state index in [1.54, 1.807) is 6.08 Å². The number of hydrogen-bond acceptors (Lipinski definition) is 1. The van der Waals surface area contributed by atoms with Crippen molar-refractivity contribution in [1.29, 1.82) is 0 Å². The van der Waals surface area contributed by atoms with Gasteiger partial charge in [-0.15, -0.1) is 0 Å². The van der Waals surface area contributed by atoms with E-state index in [-0.39, 0.29) is 0 Å². The quantitative estimate of drug-likeness (QED) is 0.399. The van der Waals surface area contributed by atoms with Gasteiger partial charge >= 0.3 is 5.97 Å². The molecule has 2 heteroatoms. The Kier molecular flexibility index (Phi) is 8.45. The Morgan fingerprint density at radius 3 is 2.36 bits per heavy atom. The first-order valence-electron chi connectivity index (χ1n) is 4.61. The Morgan fingerprint density at radius 2 is 1.71 bits per heavy atom. The SMILES string of the molecule is C/C=C/C=C/C=C\CC/C=C/C(=O)O. The molecule has 0 aromatic rings. The number of unbranched alkanes of at least 4 members (excludes halogenated alkanes) is 1. The van der Waals surface area contributed by atoms with E-state index in [0.717, 1.165) is 12.8 Å². The maximum Gasteiger partial charge on any atom is 0.327 e. The smallest absolute Gasteiger partial charge is 0.327 e. The van der Waals surface area contributed by atoms with E-state index in [9.17, 15) is 4.79 Å². The average Bonchev–Trinajstić information content (AvgIpc) is 2.15. The molecule has 14 heavy (non-hydrogen) atoms. The molecule has 0 aliphatic rings. The summed E-state index contributed by atoms with van der Waals surface area (Å²) >= 11 is 0. The van der Waals surface area contributed by atoms with Gasteiger partial charge in [0.1, 0.15) is 0 Å². The molecule has 0 radical (unpaired) electrons. The van der Waals surface area contributed by atoms with Crippen LogP contribution in [0.15, 0.2) is 48.6 Å². The molecule has 0 aliphatic carbocycles. The third kappa shape index (κ3) is 10.4. The van der Waals surface area contributed by atoms with Gasteiger partial charge in [-0.05, 0) is 19.8 Å². The number of carboxylic acid groups (broad SMARTS) is 1. The van der Waals surface area contributed by atoms with Gasteiger partial charge in [0.15, 0.2) is 0 Å². The second kappa shape index (κ2) is 9.52. The molecule has 0 heterocycles. The molecule has 0 saturated carbocycles. The Bertz CT molecular complexity index is 257. The summed E-state index contributed by atoms with van der Waals surface area (Å²) in [6, 6.07) is 0. The zero-order chi connectivity index (χ0) is 10.6. The summed E-state index contributed by atoms with van der Waals surface area (Å²) in [6.45, 7) is 1.96. The molecule has 0 saturated heterocycles. The van der Waals surface area contributed by atoms with Gasteiger partial charge in [0, 0.05) is 6.08 Å². The van der Waals surface area contributed by atoms with Crippen molar-refractivity contribution in [2.24, 2.45) is 0 Å². The Balaban J connectivity index is 3.49. The molecule has 0 rings (SSSR count). The third-order valence-corrected chi connectivity index (χ3v) is 1.42. The van der Waals surface area contributed by atoms with Crippen molar-refractivity contribution >= 4 is 5.97 Å². The molecule has 0 aromatic heterocycles. The second-order valence-electron chi connectivity index (χ2n) is 2.66. The lowest BCUT2D eigenvalue weighted by molar-refractivity contribution is -0.131. The third-order valence-electron chi connectivity index (χ3n) is 1.42. The molecule has 76 valence electrons. The molecule has 2 nitrogen and oxygen atoms in total. The fourth-order valence-electron chi connectivity index (χ4n) is 0.791. The van der Waals surface area contributed by atoms with Crippen molar-refractivity contribution in [2.45, 2.75) is 19.8 Å². The molecule has 0 bridgehead atoms. The number of rotatable bonds is 6. The molecule has 0 unspecified atom stereocenters. The van der Waals surface area contributed by atoms with E-state index in [1.165, 1.54) is 6.08 Å². The molecule has 0 aliphatic heterocycles. The van der Waals surface area contributed by atoms with Crippen LogP contribution in [0.2, 0.25) is 0 Å². The first kappa shape index (κ1) is 12.4. The van der Waals surface area contributed by atoms with Gasteiger partial charge in [0.25, 0.3) is 0 Å². The van der Waals surface area contributed by atoms with Crippen LogP contribution in [0.4, 0.5) is 0 Å². The predicted molar refractivity (Wildman–Crippen MR) is 59.1 cm³/mol. The summed E-state index contributed by atoms with van der Waals surface area (Å²) in [5.41, 5.74) is 0. The van der Waals surface area contributed by atoms with Crippen molar-refractivity contribution in [3.63, 3.8) is 0 Å². The summed E-state index contributed by atoms with van der Waals surface area (Å²) in [5, 5.41) is 8.29. The highest BCUT2D eigenvalue weighted by atomic mass is 16.4. The van der Waals surface area contributed by atoms with E-state index in [4.69, 9.17) is 5.11 Å². The van der Waals surface area contributed by atoms with E-state index in [2.05, 4.69) is 0 Å². The molecule has 0 amide bonds. The van der Waals surface area contributed by atoms with Crippen molar-refractivity contribution in [3.8, 4) is 0 Å². The van der Waals surface area contributed by atoms with Crippen LogP contribution in [0.1, 0.15) is 19.8 Å². The molecule has 0 fully saturated rings. The van der Waals surface area contributed by atoms with Crippen molar-refractivity contribution < 1.29 is 9.90 Å². The number of allylic oxidation sites excluding steroid dienone is 7. The highest BCUT2D eigenvalue weighted by Crippen LogP contribution is 1.93. The summed E-state index contributed by atoms with van der Waals surface area (Å²) < 4.78 is 0. The molecule has 1 N–H and O–H groups in total. The van der Waals surface area contributed by atoms with Gasteiger partial charge in [-0.2, -0.15) is 0 Å². The van der Waals surface area contributed by atoms with Crippen LogP contribution < -0.4 is 0 Å². The monoisotopic (exact) mass is 192 g/mol. The van der Waals surface area contributed by atoms with Gasteiger partial charge < -0.3 is 5.11 Å². The van der Waals surface area contributed by atoms with Gasteiger partial charge in [-0.25, -0.2) is 4.79 Å². The summed E-state index contributed by atoms with van der Waals surface area (Å²) in [5.74, 6) is -0.887. The van der Waals surface area contributed by atoms with Crippen LogP contribution in [0.3, 0.4) is 0 Å².